The molecule has 1 saturated heterocycles. The van der Waals surface area contributed by atoms with Crippen LogP contribution in [-0.4, -0.2) is 37.6 Å². The summed E-state index contributed by atoms with van der Waals surface area (Å²) in [5, 5.41) is 0. The fourth-order valence-electron chi connectivity index (χ4n) is 2.50. The van der Waals surface area contributed by atoms with Gasteiger partial charge in [-0.25, -0.2) is 10.8 Å². The average molecular weight is 288 g/mol. The van der Waals surface area contributed by atoms with E-state index in [0.29, 0.717) is 23.8 Å². The molecule has 0 aliphatic carbocycles. The van der Waals surface area contributed by atoms with Crippen molar-refractivity contribution in [1.82, 2.24) is 24.5 Å². The Labute approximate surface area is 123 Å². The molecule has 2 unspecified atom stereocenters. The highest BCUT2D eigenvalue weighted by molar-refractivity contribution is 5.40. The van der Waals surface area contributed by atoms with Crippen LogP contribution < -0.4 is 16.2 Å². The zero-order valence-electron chi connectivity index (χ0n) is 12.3. The second-order valence-electron chi connectivity index (χ2n) is 5.56. The molecule has 0 bridgehead atoms. The minimum Gasteiger partial charge on any atom is -0.340 e. The van der Waals surface area contributed by atoms with Gasteiger partial charge in [-0.15, -0.1) is 0 Å². The fraction of sp³-hybridized carbons (Fsp3) is 0.538. The molecule has 0 radical (unpaired) electrons. The van der Waals surface area contributed by atoms with Crippen LogP contribution in [0.15, 0.2) is 18.7 Å². The fourth-order valence-corrected chi connectivity index (χ4v) is 2.50. The van der Waals surface area contributed by atoms with Crippen molar-refractivity contribution >= 4 is 11.9 Å². The van der Waals surface area contributed by atoms with Crippen LogP contribution in [0.2, 0.25) is 0 Å². The average Bonchev–Trinajstić information content (AvgIpc) is 3.04. The molecule has 0 saturated carbocycles. The van der Waals surface area contributed by atoms with E-state index in [1.807, 2.05) is 0 Å². The summed E-state index contributed by atoms with van der Waals surface area (Å²) < 4.78 is 1.74. The SMILES string of the molecule is CC1CCN(c2nc(NN)nc(-n3ccnc3)n2)CC1C. The Balaban J connectivity index is 1.93. The van der Waals surface area contributed by atoms with Crippen molar-refractivity contribution in [1.29, 1.82) is 0 Å². The predicted octanol–water partition coefficient (Wildman–Crippen LogP) is 0.825. The molecule has 1 aliphatic heterocycles. The minimum atomic E-state index is 0.356. The number of nitrogens with one attached hydrogen (secondary N) is 1. The van der Waals surface area contributed by atoms with Crippen LogP contribution in [0, 0.1) is 11.8 Å². The van der Waals surface area contributed by atoms with Crippen LogP contribution in [0.1, 0.15) is 20.3 Å². The summed E-state index contributed by atoms with van der Waals surface area (Å²) >= 11 is 0. The Hall–Kier alpha value is -2.22. The third kappa shape index (κ3) is 2.80. The van der Waals surface area contributed by atoms with E-state index in [4.69, 9.17) is 5.84 Å². The summed E-state index contributed by atoms with van der Waals surface area (Å²) in [6, 6.07) is 0. The van der Waals surface area contributed by atoms with Crippen molar-refractivity contribution < 1.29 is 0 Å². The Kier molecular flexibility index (Phi) is 3.70. The van der Waals surface area contributed by atoms with Gasteiger partial charge in [-0.2, -0.15) is 15.0 Å². The van der Waals surface area contributed by atoms with Crippen molar-refractivity contribution in [2.24, 2.45) is 17.7 Å². The summed E-state index contributed by atoms with van der Waals surface area (Å²) in [5.74, 6) is 8.33. The molecular weight excluding hydrogens is 268 g/mol. The maximum Gasteiger partial charge on any atom is 0.243 e. The number of hydrazine groups is 1. The summed E-state index contributed by atoms with van der Waals surface area (Å²) in [7, 11) is 0. The molecular formula is C13H20N8. The number of imidazole rings is 1. The Morgan fingerprint density at radius 3 is 2.67 bits per heavy atom. The van der Waals surface area contributed by atoms with Gasteiger partial charge in [0.15, 0.2) is 0 Å². The van der Waals surface area contributed by atoms with E-state index < -0.39 is 0 Å². The molecule has 3 N–H and O–H groups in total. The molecule has 21 heavy (non-hydrogen) atoms. The topological polar surface area (TPSA) is 97.8 Å². The molecule has 2 atom stereocenters. The minimum absolute atomic E-state index is 0.356. The van der Waals surface area contributed by atoms with E-state index in [1.54, 1.807) is 23.3 Å². The lowest BCUT2D eigenvalue weighted by molar-refractivity contribution is 0.321. The zero-order chi connectivity index (χ0) is 14.8. The van der Waals surface area contributed by atoms with Crippen LogP contribution in [0.4, 0.5) is 11.9 Å². The van der Waals surface area contributed by atoms with Gasteiger partial charge in [-0.3, -0.25) is 9.99 Å². The number of hydrogen-bond acceptors (Lipinski definition) is 7. The molecule has 8 nitrogen and oxygen atoms in total. The van der Waals surface area contributed by atoms with Crippen molar-refractivity contribution in [3.63, 3.8) is 0 Å². The van der Waals surface area contributed by atoms with E-state index in [-0.39, 0.29) is 0 Å². The summed E-state index contributed by atoms with van der Waals surface area (Å²) in [6.45, 7) is 6.44. The number of nitrogens with two attached hydrogens (primary N) is 1. The highest BCUT2D eigenvalue weighted by Crippen LogP contribution is 2.25. The number of hydrogen-bond donors (Lipinski definition) is 2. The highest BCUT2D eigenvalue weighted by atomic mass is 15.4. The molecule has 0 aromatic carbocycles. The van der Waals surface area contributed by atoms with Crippen LogP contribution in [-0.2, 0) is 0 Å². The van der Waals surface area contributed by atoms with Gasteiger partial charge in [0.05, 0.1) is 0 Å². The third-order valence-electron chi connectivity index (χ3n) is 4.09. The van der Waals surface area contributed by atoms with Gasteiger partial charge in [-0.05, 0) is 18.3 Å². The molecule has 3 heterocycles. The monoisotopic (exact) mass is 288 g/mol. The van der Waals surface area contributed by atoms with Gasteiger partial charge in [0.2, 0.25) is 17.8 Å². The largest absolute Gasteiger partial charge is 0.340 e. The van der Waals surface area contributed by atoms with Crippen LogP contribution in [0.5, 0.6) is 0 Å². The molecule has 2 aromatic rings. The van der Waals surface area contributed by atoms with Crippen molar-refractivity contribution in [2.75, 3.05) is 23.4 Å². The van der Waals surface area contributed by atoms with E-state index >= 15 is 0 Å². The van der Waals surface area contributed by atoms with E-state index in [9.17, 15) is 0 Å². The maximum atomic E-state index is 5.47. The lowest BCUT2D eigenvalue weighted by atomic mass is 9.89. The molecule has 112 valence electrons. The first-order chi connectivity index (χ1) is 10.2. The van der Waals surface area contributed by atoms with Gasteiger partial charge < -0.3 is 4.90 Å². The molecule has 2 aromatic heterocycles. The third-order valence-corrected chi connectivity index (χ3v) is 4.09. The quantitative estimate of drug-likeness (QED) is 0.637. The Bertz CT molecular complexity index is 596. The molecule has 3 rings (SSSR count). The number of piperidine rings is 1. The number of anilines is 2. The first kappa shape index (κ1) is 13.7. The normalized spacial score (nSPS) is 22.3. The second kappa shape index (κ2) is 5.65. The lowest BCUT2D eigenvalue weighted by Crippen LogP contribution is -2.39. The second-order valence-corrected chi connectivity index (χ2v) is 5.56. The standard InChI is InChI=1S/C13H20N8/c1-9-3-5-20(7-10(9)2)12-16-11(19-14)17-13(18-12)21-6-4-15-8-21/h4,6,8-10H,3,5,7,14H2,1-2H3,(H,16,17,18,19). The van der Waals surface area contributed by atoms with E-state index in [1.165, 1.54) is 0 Å². The van der Waals surface area contributed by atoms with Gasteiger partial charge in [-0.1, -0.05) is 13.8 Å². The zero-order valence-corrected chi connectivity index (χ0v) is 12.3. The predicted molar refractivity (Wildman–Crippen MR) is 79.9 cm³/mol. The molecule has 1 aliphatic rings. The molecule has 0 spiro atoms. The molecule has 0 amide bonds. The number of nitrogen functional groups attached to an aromatic ring is 1. The van der Waals surface area contributed by atoms with Crippen molar-refractivity contribution in [3.8, 4) is 5.95 Å². The maximum absolute atomic E-state index is 5.47. The Morgan fingerprint density at radius 1 is 1.19 bits per heavy atom. The van der Waals surface area contributed by atoms with Crippen molar-refractivity contribution in [2.45, 2.75) is 20.3 Å². The first-order valence-electron chi connectivity index (χ1n) is 7.13. The van der Waals surface area contributed by atoms with Gasteiger partial charge in [0.25, 0.3) is 0 Å². The highest BCUT2D eigenvalue weighted by Gasteiger charge is 2.25. The Morgan fingerprint density at radius 2 is 2.00 bits per heavy atom. The first-order valence-corrected chi connectivity index (χ1v) is 7.13. The number of rotatable bonds is 3. The van der Waals surface area contributed by atoms with Gasteiger partial charge >= 0.3 is 0 Å². The molecule has 1 fully saturated rings. The summed E-state index contributed by atoms with van der Waals surface area (Å²) in [6.07, 6.45) is 6.27. The summed E-state index contributed by atoms with van der Waals surface area (Å²) in [5.41, 5.74) is 2.51. The van der Waals surface area contributed by atoms with Crippen LogP contribution >= 0.6 is 0 Å². The number of nitrogens with zero attached hydrogens (tertiary/aromatic N) is 6. The molecule has 8 heteroatoms. The van der Waals surface area contributed by atoms with E-state index in [0.717, 1.165) is 25.4 Å². The summed E-state index contributed by atoms with van der Waals surface area (Å²) in [4.78, 5) is 19.4. The van der Waals surface area contributed by atoms with Crippen LogP contribution in [0.3, 0.4) is 0 Å². The van der Waals surface area contributed by atoms with Gasteiger partial charge in [0, 0.05) is 25.5 Å². The lowest BCUT2D eigenvalue weighted by Gasteiger charge is -2.35. The van der Waals surface area contributed by atoms with Crippen LogP contribution in [0.25, 0.3) is 5.95 Å². The van der Waals surface area contributed by atoms with E-state index in [2.05, 4.69) is 44.1 Å². The van der Waals surface area contributed by atoms with Gasteiger partial charge in [0.1, 0.15) is 6.33 Å². The number of aromatic nitrogens is 5. The smallest absolute Gasteiger partial charge is 0.243 e. The van der Waals surface area contributed by atoms with Crippen molar-refractivity contribution in [3.05, 3.63) is 18.7 Å².